The van der Waals surface area contributed by atoms with Crippen LogP contribution in [0.4, 0.5) is 0 Å². The van der Waals surface area contributed by atoms with E-state index in [1.165, 1.54) is 0 Å². The Bertz CT molecular complexity index is 578. The number of sulfone groups is 1. The van der Waals surface area contributed by atoms with E-state index in [9.17, 15) is 13.2 Å². The van der Waals surface area contributed by atoms with Crippen molar-refractivity contribution in [2.75, 3.05) is 12.4 Å². The Balaban J connectivity index is 2.76. The second-order valence-corrected chi connectivity index (χ2v) is 9.34. The molecule has 0 spiro atoms. The molecule has 0 aliphatic rings. The van der Waals surface area contributed by atoms with Crippen molar-refractivity contribution < 1.29 is 23.1 Å². The summed E-state index contributed by atoms with van der Waals surface area (Å²) in [7, 11) is -3.27. The fourth-order valence-electron chi connectivity index (χ4n) is 1.42. The summed E-state index contributed by atoms with van der Waals surface area (Å²) in [5.74, 6) is -0.931. The standard InChI is InChI=1S/C13H20O5S2/c1-5-9-8-10(11(19-9)12(14)15)18-6-7-20(16,17)13(2,3)4/h8H,5-7H2,1-4H3,(H,14,15). The van der Waals surface area contributed by atoms with E-state index in [4.69, 9.17) is 9.84 Å². The van der Waals surface area contributed by atoms with E-state index in [-0.39, 0.29) is 23.0 Å². The second kappa shape index (κ2) is 6.13. The molecule has 1 N–H and O–H groups in total. The number of thiophene rings is 1. The lowest BCUT2D eigenvalue weighted by Gasteiger charge is -2.19. The molecular weight excluding hydrogens is 300 g/mol. The van der Waals surface area contributed by atoms with Gasteiger partial charge in [0.2, 0.25) is 0 Å². The van der Waals surface area contributed by atoms with Crippen molar-refractivity contribution >= 4 is 27.1 Å². The minimum Gasteiger partial charge on any atom is -0.491 e. The first kappa shape index (κ1) is 17.0. The predicted octanol–water partition coefficient (Wildman–Crippen LogP) is 2.60. The number of aryl methyl sites for hydroxylation is 1. The normalized spacial score (nSPS) is 12.4. The van der Waals surface area contributed by atoms with Crippen LogP contribution in [0.1, 0.15) is 42.2 Å². The summed E-state index contributed by atoms with van der Waals surface area (Å²) in [4.78, 5) is 12.1. The zero-order valence-corrected chi connectivity index (χ0v) is 13.7. The van der Waals surface area contributed by atoms with Gasteiger partial charge >= 0.3 is 5.97 Å². The SMILES string of the molecule is CCc1cc(OCCS(=O)(=O)C(C)(C)C)c(C(=O)O)s1. The highest BCUT2D eigenvalue weighted by molar-refractivity contribution is 7.92. The van der Waals surface area contributed by atoms with Gasteiger partial charge in [0.25, 0.3) is 0 Å². The van der Waals surface area contributed by atoms with E-state index in [0.29, 0.717) is 6.42 Å². The van der Waals surface area contributed by atoms with Crippen LogP contribution < -0.4 is 4.74 Å². The van der Waals surface area contributed by atoms with Gasteiger partial charge in [-0.2, -0.15) is 0 Å². The van der Waals surface area contributed by atoms with Crippen LogP contribution in [0.3, 0.4) is 0 Å². The third-order valence-corrected chi connectivity index (χ3v) is 6.65. The minimum absolute atomic E-state index is 0.0419. The zero-order chi connectivity index (χ0) is 15.6. The van der Waals surface area contributed by atoms with Crippen LogP contribution in [-0.4, -0.2) is 36.6 Å². The fourth-order valence-corrected chi connectivity index (χ4v) is 3.21. The first-order valence-electron chi connectivity index (χ1n) is 6.29. The summed E-state index contributed by atoms with van der Waals surface area (Å²) >= 11 is 1.16. The first-order chi connectivity index (χ1) is 9.08. The van der Waals surface area contributed by atoms with Gasteiger partial charge in [-0.1, -0.05) is 6.92 Å². The van der Waals surface area contributed by atoms with Crippen molar-refractivity contribution in [2.45, 2.75) is 38.9 Å². The summed E-state index contributed by atoms with van der Waals surface area (Å²) in [6, 6.07) is 1.66. The molecule has 20 heavy (non-hydrogen) atoms. The molecule has 1 rings (SSSR count). The second-order valence-electron chi connectivity index (χ2n) is 5.34. The van der Waals surface area contributed by atoms with Crippen molar-refractivity contribution in [1.29, 1.82) is 0 Å². The van der Waals surface area contributed by atoms with E-state index in [1.54, 1.807) is 26.8 Å². The van der Waals surface area contributed by atoms with Gasteiger partial charge in [0.15, 0.2) is 14.7 Å². The Morgan fingerprint density at radius 3 is 2.45 bits per heavy atom. The Morgan fingerprint density at radius 1 is 1.40 bits per heavy atom. The molecule has 0 fully saturated rings. The van der Waals surface area contributed by atoms with Crippen LogP contribution in [0.2, 0.25) is 0 Å². The van der Waals surface area contributed by atoms with Crippen LogP contribution in [-0.2, 0) is 16.3 Å². The molecule has 0 unspecified atom stereocenters. The number of hydrogen-bond acceptors (Lipinski definition) is 5. The van der Waals surface area contributed by atoms with Crippen LogP contribution in [0.15, 0.2) is 6.07 Å². The molecule has 1 aromatic rings. The van der Waals surface area contributed by atoms with Crippen molar-refractivity contribution in [3.8, 4) is 5.75 Å². The molecule has 1 aromatic heterocycles. The lowest BCUT2D eigenvalue weighted by molar-refractivity contribution is 0.0698. The quantitative estimate of drug-likeness (QED) is 0.871. The molecule has 0 amide bonds. The number of aromatic carboxylic acids is 1. The monoisotopic (exact) mass is 320 g/mol. The third kappa shape index (κ3) is 3.96. The van der Waals surface area contributed by atoms with E-state index >= 15 is 0 Å². The Kier molecular flexibility index (Phi) is 5.21. The smallest absolute Gasteiger partial charge is 0.349 e. The van der Waals surface area contributed by atoms with Crippen LogP contribution in [0.25, 0.3) is 0 Å². The topological polar surface area (TPSA) is 80.7 Å². The molecule has 0 bridgehead atoms. The van der Waals surface area contributed by atoms with Gasteiger partial charge in [0, 0.05) is 4.88 Å². The maximum Gasteiger partial charge on any atom is 0.349 e. The van der Waals surface area contributed by atoms with Gasteiger partial charge in [-0.05, 0) is 33.3 Å². The van der Waals surface area contributed by atoms with Gasteiger partial charge in [-0.25, -0.2) is 13.2 Å². The van der Waals surface area contributed by atoms with Gasteiger partial charge in [-0.3, -0.25) is 0 Å². The molecule has 0 aliphatic carbocycles. The highest BCUT2D eigenvalue weighted by atomic mass is 32.2. The van der Waals surface area contributed by atoms with Crippen molar-refractivity contribution in [3.05, 3.63) is 15.8 Å². The number of hydrogen-bond donors (Lipinski definition) is 1. The number of carbonyl (C=O) groups is 1. The Hall–Kier alpha value is -1.08. The van der Waals surface area contributed by atoms with E-state index in [0.717, 1.165) is 16.2 Å². The molecule has 0 aliphatic heterocycles. The maximum atomic E-state index is 11.9. The summed E-state index contributed by atoms with van der Waals surface area (Å²) in [5.41, 5.74) is 0. The highest BCUT2D eigenvalue weighted by Crippen LogP contribution is 2.30. The highest BCUT2D eigenvalue weighted by Gasteiger charge is 2.29. The zero-order valence-electron chi connectivity index (χ0n) is 12.1. The van der Waals surface area contributed by atoms with E-state index < -0.39 is 20.6 Å². The number of ether oxygens (including phenoxy) is 1. The van der Waals surface area contributed by atoms with Crippen molar-refractivity contribution in [3.63, 3.8) is 0 Å². The number of carboxylic acids is 1. The first-order valence-corrected chi connectivity index (χ1v) is 8.76. The van der Waals surface area contributed by atoms with E-state index in [1.807, 2.05) is 6.92 Å². The van der Waals surface area contributed by atoms with Crippen LogP contribution in [0.5, 0.6) is 5.75 Å². The molecule has 7 heteroatoms. The molecule has 0 aromatic carbocycles. The summed E-state index contributed by atoms with van der Waals surface area (Å²) < 4.78 is 28.4. The molecule has 0 saturated carbocycles. The average molecular weight is 320 g/mol. The molecule has 114 valence electrons. The molecule has 0 atom stereocenters. The predicted molar refractivity (Wildman–Crippen MR) is 79.7 cm³/mol. The number of carboxylic acid groups (broad SMARTS) is 1. The van der Waals surface area contributed by atoms with Gasteiger partial charge in [0.05, 0.1) is 10.5 Å². The van der Waals surface area contributed by atoms with Crippen LogP contribution in [0, 0.1) is 0 Å². The van der Waals surface area contributed by atoms with Gasteiger partial charge in [0.1, 0.15) is 12.4 Å². The molecule has 0 radical (unpaired) electrons. The molecular formula is C13H20O5S2. The van der Waals surface area contributed by atoms with Gasteiger partial charge < -0.3 is 9.84 Å². The van der Waals surface area contributed by atoms with Crippen molar-refractivity contribution in [1.82, 2.24) is 0 Å². The summed E-state index contributed by atoms with van der Waals surface area (Å²) in [6.45, 7) is 6.77. The third-order valence-electron chi connectivity index (χ3n) is 2.83. The maximum absolute atomic E-state index is 11.9. The fraction of sp³-hybridized carbons (Fsp3) is 0.615. The summed E-state index contributed by atoms with van der Waals surface area (Å²) in [6.07, 6.45) is 0.717. The Morgan fingerprint density at radius 2 is 2.00 bits per heavy atom. The van der Waals surface area contributed by atoms with Crippen molar-refractivity contribution in [2.24, 2.45) is 0 Å². The molecule has 5 nitrogen and oxygen atoms in total. The van der Waals surface area contributed by atoms with Gasteiger partial charge in [-0.15, -0.1) is 11.3 Å². The minimum atomic E-state index is -3.27. The lowest BCUT2D eigenvalue weighted by Crippen LogP contribution is -2.32. The number of rotatable bonds is 6. The molecule has 1 heterocycles. The van der Waals surface area contributed by atoms with Crippen LogP contribution >= 0.6 is 11.3 Å². The lowest BCUT2D eigenvalue weighted by atomic mass is 10.3. The summed E-state index contributed by atoms with van der Waals surface area (Å²) in [5, 5.41) is 9.08. The average Bonchev–Trinajstić information content (AvgIpc) is 2.70. The van der Waals surface area contributed by atoms with E-state index in [2.05, 4.69) is 0 Å². The Labute approximate surface area is 123 Å². The largest absolute Gasteiger partial charge is 0.491 e. The molecule has 0 saturated heterocycles.